The molecule has 0 saturated heterocycles. The Kier molecular flexibility index (Phi) is 4.29. The van der Waals surface area contributed by atoms with Gasteiger partial charge in [-0.3, -0.25) is 4.68 Å². The van der Waals surface area contributed by atoms with E-state index in [1.54, 1.807) is 52.2 Å². The lowest BCUT2D eigenvalue weighted by Crippen LogP contribution is -2.29. The van der Waals surface area contributed by atoms with Crippen molar-refractivity contribution < 1.29 is 4.79 Å². The van der Waals surface area contributed by atoms with Crippen LogP contribution in [0.15, 0.2) is 48.9 Å². The van der Waals surface area contributed by atoms with Crippen molar-refractivity contribution in [1.82, 2.24) is 24.9 Å². The average molecular weight is 331 g/mol. The van der Waals surface area contributed by atoms with Crippen molar-refractivity contribution in [1.29, 1.82) is 0 Å². The quantitative estimate of drug-likeness (QED) is 0.772. The van der Waals surface area contributed by atoms with Crippen molar-refractivity contribution in [2.24, 2.45) is 7.05 Å². The summed E-state index contributed by atoms with van der Waals surface area (Å²) in [4.78, 5) is 12.1. The van der Waals surface area contributed by atoms with Crippen LogP contribution < -0.4 is 10.6 Å². The molecule has 0 aliphatic carbocycles. The Balaban J connectivity index is 1.74. The molecule has 0 saturated carbocycles. The van der Waals surface area contributed by atoms with Crippen molar-refractivity contribution in [3.63, 3.8) is 0 Å². The average Bonchev–Trinajstić information content (AvgIpc) is 3.17. The largest absolute Gasteiger partial charge is 0.332 e. The maximum atomic E-state index is 12.1. The molecule has 3 aromatic rings. The first-order chi connectivity index (χ1) is 11.1. The second-order valence-corrected chi connectivity index (χ2v) is 5.25. The maximum absolute atomic E-state index is 12.1. The smallest absolute Gasteiger partial charge is 0.319 e. The number of amides is 2. The van der Waals surface area contributed by atoms with Gasteiger partial charge < -0.3 is 10.6 Å². The van der Waals surface area contributed by atoms with E-state index >= 15 is 0 Å². The van der Waals surface area contributed by atoms with Gasteiger partial charge in [0, 0.05) is 25.6 Å². The lowest BCUT2D eigenvalue weighted by molar-refractivity contribution is 0.251. The van der Waals surface area contributed by atoms with Gasteiger partial charge in [0.2, 0.25) is 0 Å². The van der Waals surface area contributed by atoms with E-state index in [4.69, 9.17) is 11.6 Å². The summed E-state index contributed by atoms with van der Waals surface area (Å²) in [5, 5.41) is 14.3. The second kappa shape index (κ2) is 6.53. The number of carbonyl (C=O) groups is 1. The molecule has 2 N–H and O–H groups in total. The Labute approximate surface area is 137 Å². The predicted molar refractivity (Wildman–Crippen MR) is 87.6 cm³/mol. The minimum absolute atomic E-state index is 0.332. The van der Waals surface area contributed by atoms with Crippen LogP contribution >= 0.6 is 11.6 Å². The van der Waals surface area contributed by atoms with Gasteiger partial charge in [-0.2, -0.15) is 10.2 Å². The highest BCUT2D eigenvalue weighted by molar-refractivity contribution is 6.33. The molecule has 0 radical (unpaired) electrons. The third-order valence-electron chi connectivity index (χ3n) is 3.32. The Morgan fingerprint density at radius 1 is 1.22 bits per heavy atom. The highest BCUT2D eigenvalue weighted by atomic mass is 35.5. The van der Waals surface area contributed by atoms with E-state index in [1.165, 1.54) is 0 Å². The molecule has 0 aliphatic heterocycles. The molecule has 2 heterocycles. The maximum Gasteiger partial charge on any atom is 0.319 e. The van der Waals surface area contributed by atoms with Gasteiger partial charge in [-0.1, -0.05) is 17.7 Å². The number of aromatic nitrogens is 4. The summed E-state index contributed by atoms with van der Waals surface area (Å²) < 4.78 is 3.31. The predicted octanol–water partition coefficient (Wildman–Crippen LogP) is 2.58. The Morgan fingerprint density at radius 2 is 2.09 bits per heavy atom. The van der Waals surface area contributed by atoms with Crippen LogP contribution in [0.1, 0.15) is 5.69 Å². The summed E-state index contributed by atoms with van der Waals surface area (Å²) in [7, 11) is 1.82. The summed E-state index contributed by atoms with van der Waals surface area (Å²) in [6.45, 7) is 0.375. The number of para-hydroxylation sites is 1. The molecule has 0 atom stereocenters. The van der Waals surface area contributed by atoms with Crippen molar-refractivity contribution in [3.05, 3.63) is 59.6 Å². The minimum Gasteiger partial charge on any atom is -0.332 e. The first kappa shape index (κ1) is 15.1. The van der Waals surface area contributed by atoms with Crippen LogP contribution in [0.4, 0.5) is 10.5 Å². The first-order valence-electron chi connectivity index (χ1n) is 6.95. The number of urea groups is 1. The van der Waals surface area contributed by atoms with E-state index in [0.29, 0.717) is 22.9 Å². The third kappa shape index (κ3) is 3.35. The molecule has 118 valence electrons. The van der Waals surface area contributed by atoms with E-state index in [1.807, 2.05) is 13.1 Å². The number of nitrogens with zero attached hydrogens (tertiary/aromatic N) is 4. The molecule has 0 aliphatic rings. The third-order valence-corrected chi connectivity index (χ3v) is 3.63. The highest BCUT2D eigenvalue weighted by Crippen LogP contribution is 2.27. The zero-order valence-electron chi connectivity index (χ0n) is 12.4. The number of nitrogens with one attached hydrogen (secondary N) is 2. The number of hydrogen-bond acceptors (Lipinski definition) is 3. The fraction of sp³-hybridized carbons (Fsp3) is 0.133. The van der Waals surface area contributed by atoms with Crippen LogP contribution in [0.25, 0.3) is 5.69 Å². The molecular weight excluding hydrogens is 316 g/mol. The molecule has 8 heteroatoms. The van der Waals surface area contributed by atoms with Crippen molar-refractivity contribution in [2.45, 2.75) is 6.54 Å². The molecule has 3 rings (SSSR count). The number of benzene rings is 1. The number of rotatable bonds is 4. The van der Waals surface area contributed by atoms with Gasteiger partial charge in [-0.15, -0.1) is 0 Å². The SMILES string of the molecule is Cn1nccc1CNC(=O)Nc1cccc(Cl)c1-n1cccn1. The molecule has 7 nitrogen and oxygen atoms in total. The number of aryl methyl sites for hydroxylation is 1. The van der Waals surface area contributed by atoms with Gasteiger partial charge in [0.05, 0.1) is 22.9 Å². The second-order valence-electron chi connectivity index (χ2n) is 4.84. The van der Waals surface area contributed by atoms with E-state index in [2.05, 4.69) is 20.8 Å². The van der Waals surface area contributed by atoms with Gasteiger partial charge >= 0.3 is 6.03 Å². The number of hydrogen-bond donors (Lipinski definition) is 2. The number of halogens is 1. The van der Waals surface area contributed by atoms with Crippen molar-refractivity contribution in [2.75, 3.05) is 5.32 Å². The first-order valence-corrected chi connectivity index (χ1v) is 7.33. The van der Waals surface area contributed by atoms with Crippen LogP contribution in [0.2, 0.25) is 5.02 Å². The molecule has 2 amide bonds. The van der Waals surface area contributed by atoms with Crippen LogP contribution in [-0.2, 0) is 13.6 Å². The van der Waals surface area contributed by atoms with E-state index < -0.39 is 0 Å². The molecule has 0 bridgehead atoms. The Bertz CT molecular complexity index is 811. The van der Waals surface area contributed by atoms with Gasteiger partial charge in [-0.25, -0.2) is 9.48 Å². The van der Waals surface area contributed by atoms with Crippen LogP contribution in [-0.4, -0.2) is 25.6 Å². The standard InChI is InChI=1S/C15H15ClN6O/c1-21-11(6-8-18-21)10-17-15(23)20-13-5-2-4-12(16)14(13)22-9-3-7-19-22/h2-9H,10H2,1H3,(H2,17,20,23). The fourth-order valence-electron chi connectivity index (χ4n) is 2.16. The summed E-state index contributed by atoms with van der Waals surface area (Å²) in [5.41, 5.74) is 2.09. The van der Waals surface area contributed by atoms with Crippen molar-refractivity contribution >= 4 is 23.3 Å². The molecule has 23 heavy (non-hydrogen) atoms. The topological polar surface area (TPSA) is 76.8 Å². The van der Waals surface area contributed by atoms with Gasteiger partial charge in [0.25, 0.3) is 0 Å². The van der Waals surface area contributed by atoms with Gasteiger partial charge in [0.1, 0.15) is 5.69 Å². The van der Waals surface area contributed by atoms with Crippen LogP contribution in [0.3, 0.4) is 0 Å². The molecule has 0 fully saturated rings. The van der Waals surface area contributed by atoms with Gasteiger partial charge in [0.15, 0.2) is 0 Å². The van der Waals surface area contributed by atoms with Crippen LogP contribution in [0, 0.1) is 0 Å². The Hall–Kier alpha value is -2.80. The molecule has 0 spiro atoms. The summed E-state index contributed by atoms with van der Waals surface area (Å²) >= 11 is 6.24. The number of carbonyl (C=O) groups excluding carboxylic acids is 1. The zero-order chi connectivity index (χ0) is 16.2. The van der Waals surface area contributed by atoms with E-state index in [-0.39, 0.29) is 6.03 Å². The summed E-state index contributed by atoms with van der Waals surface area (Å²) in [5.74, 6) is 0. The zero-order valence-corrected chi connectivity index (χ0v) is 13.2. The summed E-state index contributed by atoms with van der Waals surface area (Å²) in [6.07, 6.45) is 5.09. The molecular formula is C15H15ClN6O. The molecule has 2 aromatic heterocycles. The summed E-state index contributed by atoms with van der Waals surface area (Å²) in [6, 6.07) is 8.59. The monoisotopic (exact) mass is 330 g/mol. The Morgan fingerprint density at radius 3 is 2.78 bits per heavy atom. The molecule has 0 unspecified atom stereocenters. The fourth-order valence-corrected chi connectivity index (χ4v) is 2.42. The van der Waals surface area contributed by atoms with Crippen LogP contribution in [0.5, 0.6) is 0 Å². The van der Waals surface area contributed by atoms with Crippen molar-refractivity contribution in [3.8, 4) is 5.69 Å². The lowest BCUT2D eigenvalue weighted by Gasteiger charge is -2.13. The highest BCUT2D eigenvalue weighted by Gasteiger charge is 2.12. The normalized spacial score (nSPS) is 10.5. The lowest BCUT2D eigenvalue weighted by atomic mass is 10.2. The van der Waals surface area contributed by atoms with Gasteiger partial charge in [-0.05, 0) is 24.3 Å². The van der Waals surface area contributed by atoms with E-state index in [9.17, 15) is 4.79 Å². The molecule has 1 aromatic carbocycles. The number of anilines is 1. The minimum atomic E-state index is -0.332. The van der Waals surface area contributed by atoms with E-state index in [0.717, 1.165) is 5.69 Å².